The minimum Gasteiger partial charge on any atom is -0.433 e. The van der Waals surface area contributed by atoms with Gasteiger partial charge in [0.05, 0.1) is 6.20 Å². The van der Waals surface area contributed by atoms with E-state index in [0.29, 0.717) is 11.1 Å². The van der Waals surface area contributed by atoms with Crippen LogP contribution in [0, 0.1) is 5.82 Å². The van der Waals surface area contributed by atoms with E-state index in [4.69, 9.17) is 0 Å². The fraction of sp³-hybridized carbons (Fsp3) is 0.0833. The topological polar surface area (TPSA) is 22.1 Å². The van der Waals surface area contributed by atoms with Crippen LogP contribution in [-0.2, 0) is 0 Å². The molecule has 0 saturated carbocycles. The molecule has 0 radical (unpaired) electrons. The van der Waals surface area contributed by atoms with E-state index in [-0.39, 0.29) is 5.75 Å². The van der Waals surface area contributed by atoms with Gasteiger partial charge in [-0.05, 0) is 23.8 Å². The van der Waals surface area contributed by atoms with E-state index < -0.39 is 12.4 Å². The molecule has 5 heteroatoms. The molecule has 2 rings (SSSR count). The van der Waals surface area contributed by atoms with E-state index >= 15 is 0 Å². The van der Waals surface area contributed by atoms with E-state index in [1.54, 1.807) is 6.07 Å². The average molecular weight is 239 g/mol. The number of aromatic nitrogens is 1. The molecule has 1 aromatic carbocycles. The largest absolute Gasteiger partial charge is 0.433 e. The minimum absolute atomic E-state index is 0.0539. The summed E-state index contributed by atoms with van der Waals surface area (Å²) in [4.78, 5) is 3.76. The second kappa shape index (κ2) is 4.86. The molecule has 0 amide bonds. The van der Waals surface area contributed by atoms with E-state index in [1.807, 2.05) is 0 Å². The number of rotatable bonds is 3. The van der Waals surface area contributed by atoms with Crippen molar-refractivity contribution in [3.63, 3.8) is 0 Å². The van der Waals surface area contributed by atoms with Gasteiger partial charge >= 0.3 is 6.61 Å². The molecule has 1 aromatic heterocycles. The molecule has 0 fully saturated rings. The van der Waals surface area contributed by atoms with Crippen molar-refractivity contribution in [2.75, 3.05) is 0 Å². The Hall–Kier alpha value is -2.04. The highest BCUT2D eigenvalue weighted by atomic mass is 19.3. The molecular weight excluding hydrogens is 231 g/mol. The maximum atomic E-state index is 13.0. The molecule has 0 aliphatic heterocycles. The highest BCUT2D eigenvalue weighted by molar-refractivity contribution is 5.63. The molecule has 0 N–H and O–H groups in total. The minimum atomic E-state index is -2.90. The van der Waals surface area contributed by atoms with Crippen LogP contribution in [0.1, 0.15) is 0 Å². The summed E-state index contributed by atoms with van der Waals surface area (Å²) in [5.41, 5.74) is 1.07. The zero-order valence-corrected chi connectivity index (χ0v) is 8.61. The van der Waals surface area contributed by atoms with Crippen molar-refractivity contribution in [2.45, 2.75) is 6.61 Å². The van der Waals surface area contributed by atoms with Gasteiger partial charge < -0.3 is 4.74 Å². The highest BCUT2D eigenvalue weighted by Gasteiger charge is 2.06. The van der Waals surface area contributed by atoms with Crippen LogP contribution in [0.3, 0.4) is 0 Å². The van der Waals surface area contributed by atoms with Gasteiger partial charge in [0, 0.05) is 11.8 Å². The molecule has 0 atom stereocenters. The Balaban J connectivity index is 2.33. The first-order valence-electron chi connectivity index (χ1n) is 4.81. The van der Waals surface area contributed by atoms with Crippen molar-refractivity contribution in [1.82, 2.24) is 4.98 Å². The second-order valence-electron chi connectivity index (χ2n) is 3.30. The lowest BCUT2D eigenvalue weighted by Gasteiger charge is -2.06. The Labute approximate surface area is 95.7 Å². The molecule has 2 nitrogen and oxygen atoms in total. The van der Waals surface area contributed by atoms with Crippen molar-refractivity contribution < 1.29 is 17.9 Å². The van der Waals surface area contributed by atoms with Gasteiger partial charge in [-0.2, -0.15) is 8.78 Å². The van der Waals surface area contributed by atoms with Crippen LogP contribution >= 0.6 is 0 Å². The summed E-state index contributed by atoms with van der Waals surface area (Å²) in [6, 6.07) is 7.17. The number of benzene rings is 1. The zero-order chi connectivity index (χ0) is 12.3. The lowest BCUT2D eigenvalue weighted by Crippen LogP contribution is -2.02. The molecule has 0 aliphatic carbocycles. The Morgan fingerprint density at radius 2 is 1.88 bits per heavy atom. The first-order valence-corrected chi connectivity index (χ1v) is 4.81. The van der Waals surface area contributed by atoms with E-state index in [9.17, 15) is 13.2 Å². The van der Waals surface area contributed by atoms with Gasteiger partial charge in [0.1, 0.15) is 11.6 Å². The second-order valence-corrected chi connectivity index (χ2v) is 3.30. The van der Waals surface area contributed by atoms with Gasteiger partial charge in [0.25, 0.3) is 0 Å². The van der Waals surface area contributed by atoms with Gasteiger partial charge in [-0.1, -0.05) is 12.1 Å². The lowest BCUT2D eigenvalue weighted by atomic mass is 10.1. The molecule has 0 spiro atoms. The molecule has 2 aromatic rings. The van der Waals surface area contributed by atoms with Gasteiger partial charge in [0.2, 0.25) is 0 Å². The van der Waals surface area contributed by atoms with Crippen molar-refractivity contribution in [3.05, 3.63) is 48.5 Å². The van der Waals surface area contributed by atoms with Gasteiger partial charge in [-0.3, -0.25) is 4.98 Å². The van der Waals surface area contributed by atoms with Crippen molar-refractivity contribution >= 4 is 0 Å². The lowest BCUT2D eigenvalue weighted by molar-refractivity contribution is -0.0500. The first kappa shape index (κ1) is 11.4. The molecule has 0 aliphatic rings. The van der Waals surface area contributed by atoms with Crippen LogP contribution in [0.2, 0.25) is 0 Å². The summed E-state index contributed by atoms with van der Waals surface area (Å²) in [6.45, 7) is -2.90. The molecule has 0 bridgehead atoms. The van der Waals surface area contributed by atoms with Crippen molar-refractivity contribution in [2.24, 2.45) is 0 Å². The smallest absolute Gasteiger partial charge is 0.387 e. The van der Waals surface area contributed by atoms with E-state index in [2.05, 4.69) is 9.72 Å². The molecule has 1 heterocycles. The highest BCUT2D eigenvalue weighted by Crippen LogP contribution is 2.23. The maximum Gasteiger partial charge on any atom is 0.387 e. The number of hydrogen-bond donors (Lipinski definition) is 0. The summed E-state index contributed by atoms with van der Waals surface area (Å²) in [5.74, 6) is -0.454. The zero-order valence-electron chi connectivity index (χ0n) is 8.61. The van der Waals surface area contributed by atoms with Crippen molar-refractivity contribution in [3.8, 4) is 16.9 Å². The first-order chi connectivity index (χ1) is 8.15. The van der Waals surface area contributed by atoms with Crippen LogP contribution < -0.4 is 4.74 Å². The van der Waals surface area contributed by atoms with Crippen LogP contribution in [-0.4, -0.2) is 11.6 Å². The normalized spacial score (nSPS) is 10.6. The van der Waals surface area contributed by atoms with Crippen LogP contribution in [0.15, 0.2) is 42.7 Å². The SMILES string of the molecule is Fc1cccc(-c2cncc(OC(F)F)c2)c1. The van der Waals surface area contributed by atoms with Crippen LogP contribution in [0.5, 0.6) is 5.75 Å². The fourth-order valence-corrected chi connectivity index (χ4v) is 1.41. The molecule has 88 valence electrons. The fourth-order valence-electron chi connectivity index (χ4n) is 1.41. The third-order valence-electron chi connectivity index (χ3n) is 2.10. The maximum absolute atomic E-state index is 13.0. The Morgan fingerprint density at radius 1 is 1.06 bits per heavy atom. The number of hydrogen-bond acceptors (Lipinski definition) is 2. The van der Waals surface area contributed by atoms with Crippen LogP contribution in [0.4, 0.5) is 13.2 Å². The Bertz CT molecular complexity index is 517. The Kier molecular flexibility index (Phi) is 3.27. The van der Waals surface area contributed by atoms with Crippen molar-refractivity contribution in [1.29, 1.82) is 0 Å². The predicted octanol–water partition coefficient (Wildman–Crippen LogP) is 3.49. The standard InChI is InChI=1S/C12H8F3NO/c13-10-3-1-2-8(4-10)9-5-11(7-16-6-9)17-12(14)15/h1-7,12H. The number of alkyl halides is 2. The summed E-state index contributed by atoms with van der Waals surface area (Å²) in [5, 5.41) is 0. The van der Waals surface area contributed by atoms with Gasteiger partial charge in [-0.15, -0.1) is 0 Å². The molecular formula is C12H8F3NO. The number of nitrogens with zero attached hydrogens (tertiary/aromatic N) is 1. The summed E-state index contributed by atoms with van der Waals surface area (Å²) >= 11 is 0. The van der Waals surface area contributed by atoms with Gasteiger partial charge in [0.15, 0.2) is 0 Å². The van der Waals surface area contributed by atoms with E-state index in [1.165, 1.54) is 36.7 Å². The third-order valence-corrected chi connectivity index (χ3v) is 2.10. The quantitative estimate of drug-likeness (QED) is 0.817. The molecule has 0 saturated heterocycles. The third kappa shape index (κ3) is 2.96. The number of ether oxygens (including phenoxy) is 1. The average Bonchev–Trinajstić information content (AvgIpc) is 2.28. The van der Waals surface area contributed by atoms with Gasteiger partial charge in [-0.25, -0.2) is 4.39 Å². The number of halogens is 3. The summed E-state index contributed by atoms with van der Waals surface area (Å²) in [6.07, 6.45) is 2.63. The molecule has 0 unspecified atom stereocenters. The summed E-state index contributed by atoms with van der Waals surface area (Å²) < 4.78 is 41.2. The monoisotopic (exact) mass is 239 g/mol. The Morgan fingerprint density at radius 3 is 2.59 bits per heavy atom. The van der Waals surface area contributed by atoms with E-state index in [0.717, 1.165) is 0 Å². The van der Waals surface area contributed by atoms with Crippen LogP contribution in [0.25, 0.3) is 11.1 Å². The predicted molar refractivity (Wildman–Crippen MR) is 56.3 cm³/mol. The number of pyridine rings is 1. The molecule has 17 heavy (non-hydrogen) atoms. The summed E-state index contributed by atoms with van der Waals surface area (Å²) in [7, 11) is 0.